The third kappa shape index (κ3) is 4.33. The van der Waals surface area contributed by atoms with Crippen LogP contribution in [-0.4, -0.2) is 72.4 Å². The molecule has 0 spiro atoms. The van der Waals surface area contributed by atoms with E-state index in [0.29, 0.717) is 25.5 Å². The number of carbonyl (C=O) groups excluding carboxylic acids is 2. The maximum Gasteiger partial charge on any atom is 0.242 e. The van der Waals surface area contributed by atoms with Gasteiger partial charge in [0, 0.05) is 45.4 Å². The molecule has 1 aromatic carbocycles. The smallest absolute Gasteiger partial charge is 0.242 e. The van der Waals surface area contributed by atoms with Crippen molar-refractivity contribution in [2.24, 2.45) is 0 Å². The molecule has 2 aromatic rings. The average Bonchev–Trinajstić information content (AvgIpc) is 3.42. The van der Waals surface area contributed by atoms with Gasteiger partial charge in [0.2, 0.25) is 17.8 Å². The van der Waals surface area contributed by atoms with Crippen molar-refractivity contribution >= 4 is 17.8 Å². The van der Waals surface area contributed by atoms with E-state index < -0.39 is 0 Å². The van der Waals surface area contributed by atoms with Crippen LogP contribution < -0.4 is 9.64 Å². The van der Waals surface area contributed by atoms with E-state index in [1.807, 2.05) is 54.4 Å². The summed E-state index contributed by atoms with van der Waals surface area (Å²) in [5.74, 6) is 1.42. The SMILES string of the molecule is COc1cccc(-c2cnc(N(C)C)nc2C2CCCN2C(=O)CN2CCCC2=O)c1. The van der Waals surface area contributed by atoms with Gasteiger partial charge in [-0.25, -0.2) is 9.97 Å². The van der Waals surface area contributed by atoms with Crippen LogP contribution in [0.4, 0.5) is 5.95 Å². The maximum atomic E-state index is 13.2. The third-order valence-corrected chi connectivity index (χ3v) is 5.97. The van der Waals surface area contributed by atoms with Crippen molar-refractivity contribution in [1.82, 2.24) is 19.8 Å². The summed E-state index contributed by atoms with van der Waals surface area (Å²) in [5, 5.41) is 0. The topological polar surface area (TPSA) is 78.9 Å². The molecule has 0 saturated carbocycles. The maximum absolute atomic E-state index is 13.2. The molecule has 2 aliphatic heterocycles. The van der Waals surface area contributed by atoms with E-state index in [1.54, 1.807) is 12.0 Å². The van der Waals surface area contributed by atoms with Crippen LogP contribution in [0.25, 0.3) is 11.1 Å². The molecular weight excluding hydrogens is 394 g/mol. The van der Waals surface area contributed by atoms with Crippen LogP contribution in [0.15, 0.2) is 30.5 Å². The molecule has 2 amide bonds. The van der Waals surface area contributed by atoms with Crippen LogP contribution in [-0.2, 0) is 9.59 Å². The number of nitrogens with zero attached hydrogens (tertiary/aromatic N) is 5. The minimum Gasteiger partial charge on any atom is -0.497 e. The molecule has 0 bridgehead atoms. The zero-order chi connectivity index (χ0) is 22.0. The summed E-state index contributed by atoms with van der Waals surface area (Å²) < 4.78 is 5.40. The van der Waals surface area contributed by atoms with Crippen molar-refractivity contribution in [2.75, 3.05) is 45.7 Å². The summed E-state index contributed by atoms with van der Waals surface area (Å²) in [5.41, 5.74) is 2.69. The van der Waals surface area contributed by atoms with Gasteiger partial charge in [0.25, 0.3) is 0 Å². The lowest BCUT2D eigenvalue weighted by molar-refractivity contribution is -0.139. The Labute approximate surface area is 182 Å². The number of amides is 2. The normalized spacial score (nSPS) is 18.5. The molecular formula is C23H29N5O3. The Bertz CT molecular complexity index is 977. The lowest BCUT2D eigenvalue weighted by Crippen LogP contribution is -2.40. The fourth-order valence-electron chi connectivity index (χ4n) is 4.34. The van der Waals surface area contributed by atoms with Crippen LogP contribution in [0.2, 0.25) is 0 Å². The molecule has 0 aliphatic carbocycles. The molecule has 0 N–H and O–H groups in total. The summed E-state index contributed by atoms with van der Waals surface area (Å²) >= 11 is 0. The average molecular weight is 424 g/mol. The van der Waals surface area contributed by atoms with E-state index in [1.165, 1.54) is 0 Å². The standard InChI is InChI=1S/C23H29N5O3/c1-26(2)23-24-14-18(16-7-4-8-17(13-16)31-3)22(25-23)19-9-5-12-28(19)21(30)15-27-11-6-10-20(27)29/h4,7-8,13-14,19H,5-6,9-12,15H2,1-3H3. The monoisotopic (exact) mass is 423 g/mol. The summed E-state index contributed by atoms with van der Waals surface area (Å²) in [7, 11) is 5.45. The van der Waals surface area contributed by atoms with Crippen molar-refractivity contribution in [2.45, 2.75) is 31.7 Å². The highest BCUT2D eigenvalue weighted by atomic mass is 16.5. The van der Waals surface area contributed by atoms with Gasteiger partial charge in [-0.1, -0.05) is 12.1 Å². The number of hydrogen-bond donors (Lipinski definition) is 0. The van der Waals surface area contributed by atoms with Crippen molar-refractivity contribution < 1.29 is 14.3 Å². The van der Waals surface area contributed by atoms with E-state index in [9.17, 15) is 9.59 Å². The zero-order valence-electron chi connectivity index (χ0n) is 18.4. The molecule has 31 heavy (non-hydrogen) atoms. The molecule has 164 valence electrons. The first-order valence-corrected chi connectivity index (χ1v) is 10.7. The Hall–Kier alpha value is -3.16. The number of hydrogen-bond acceptors (Lipinski definition) is 6. The van der Waals surface area contributed by atoms with Gasteiger partial charge in [-0.2, -0.15) is 0 Å². The first kappa shape index (κ1) is 21.1. The largest absolute Gasteiger partial charge is 0.497 e. The number of ether oxygens (including phenoxy) is 1. The summed E-state index contributed by atoms with van der Waals surface area (Å²) in [4.78, 5) is 40.0. The van der Waals surface area contributed by atoms with Gasteiger partial charge in [-0.15, -0.1) is 0 Å². The quantitative estimate of drug-likeness (QED) is 0.710. The van der Waals surface area contributed by atoms with E-state index >= 15 is 0 Å². The highest BCUT2D eigenvalue weighted by molar-refractivity contribution is 5.86. The van der Waals surface area contributed by atoms with Crippen LogP contribution in [0, 0.1) is 0 Å². The summed E-state index contributed by atoms with van der Waals surface area (Å²) in [6, 6.07) is 7.66. The van der Waals surface area contributed by atoms with Gasteiger partial charge in [-0.05, 0) is 37.0 Å². The van der Waals surface area contributed by atoms with E-state index in [4.69, 9.17) is 9.72 Å². The minimum atomic E-state index is -0.145. The second-order valence-electron chi connectivity index (χ2n) is 8.26. The molecule has 2 aliphatic rings. The molecule has 2 saturated heterocycles. The van der Waals surface area contributed by atoms with Crippen LogP contribution in [0.1, 0.15) is 37.4 Å². The molecule has 1 unspecified atom stereocenters. The van der Waals surface area contributed by atoms with Gasteiger partial charge >= 0.3 is 0 Å². The van der Waals surface area contributed by atoms with Gasteiger partial charge in [0.05, 0.1) is 25.4 Å². The zero-order valence-corrected chi connectivity index (χ0v) is 18.4. The second-order valence-corrected chi connectivity index (χ2v) is 8.26. The number of anilines is 1. The molecule has 3 heterocycles. The number of methoxy groups -OCH3 is 1. The Kier molecular flexibility index (Phi) is 6.06. The Balaban J connectivity index is 1.69. The number of likely N-dealkylation sites (tertiary alicyclic amines) is 2. The van der Waals surface area contributed by atoms with Gasteiger partial charge in [0.1, 0.15) is 5.75 Å². The molecule has 2 fully saturated rings. The van der Waals surface area contributed by atoms with E-state index in [-0.39, 0.29) is 24.4 Å². The summed E-state index contributed by atoms with van der Waals surface area (Å²) in [6.07, 6.45) is 4.93. The van der Waals surface area contributed by atoms with Gasteiger partial charge < -0.3 is 19.4 Å². The molecule has 1 atom stereocenters. The van der Waals surface area contributed by atoms with Crippen molar-refractivity contribution in [3.63, 3.8) is 0 Å². The Morgan fingerprint density at radius 3 is 2.81 bits per heavy atom. The highest BCUT2D eigenvalue weighted by Gasteiger charge is 2.35. The first-order valence-electron chi connectivity index (χ1n) is 10.7. The van der Waals surface area contributed by atoms with Crippen molar-refractivity contribution in [3.05, 3.63) is 36.2 Å². The fourth-order valence-corrected chi connectivity index (χ4v) is 4.34. The van der Waals surface area contributed by atoms with Crippen LogP contribution in [0.5, 0.6) is 5.75 Å². The number of carbonyl (C=O) groups is 2. The first-order chi connectivity index (χ1) is 15.0. The van der Waals surface area contributed by atoms with Gasteiger partial charge in [0.15, 0.2) is 0 Å². The fraction of sp³-hybridized carbons (Fsp3) is 0.478. The Morgan fingerprint density at radius 2 is 2.10 bits per heavy atom. The van der Waals surface area contributed by atoms with Gasteiger partial charge in [-0.3, -0.25) is 9.59 Å². The molecule has 8 heteroatoms. The molecule has 1 aromatic heterocycles. The predicted octanol–water partition coefficient (Wildman–Crippen LogP) is 2.50. The summed E-state index contributed by atoms with van der Waals surface area (Å²) in [6.45, 7) is 1.48. The molecule has 8 nitrogen and oxygen atoms in total. The second kappa shape index (κ2) is 8.91. The lowest BCUT2D eigenvalue weighted by Gasteiger charge is -2.28. The Morgan fingerprint density at radius 1 is 1.26 bits per heavy atom. The molecule has 4 rings (SSSR count). The van der Waals surface area contributed by atoms with Crippen molar-refractivity contribution in [1.29, 1.82) is 0 Å². The van der Waals surface area contributed by atoms with E-state index in [0.717, 1.165) is 41.8 Å². The number of aromatic nitrogens is 2. The highest BCUT2D eigenvalue weighted by Crippen LogP contribution is 2.38. The number of benzene rings is 1. The van der Waals surface area contributed by atoms with Crippen molar-refractivity contribution in [3.8, 4) is 16.9 Å². The van der Waals surface area contributed by atoms with Crippen LogP contribution >= 0.6 is 0 Å². The van der Waals surface area contributed by atoms with Crippen LogP contribution in [0.3, 0.4) is 0 Å². The molecule has 0 radical (unpaired) electrons. The predicted molar refractivity (Wildman–Crippen MR) is 118 cm³/mol. The van der Waals surface area contributed by atoms with E-state index in [2.05, 4.69) is 4.98 Å². The third-order valence-electron chi connectivity index (χ3n) is 5.97. The lowest BCUT2D eigenvalue weighted by atomic mass is 9.99. The number of rotatable bonds is 6. The minimum absolute atomic E-state index is 0.0145.